The number of carbonyl (C=O) groups is 2. The standard InChI is InChI=1S/C12H7Cl3INO2S/c1-17-4-6(2-8(17)11(19)12(13,14)15)10(18)7-3-9(16)20-5-7/h2-5H,1H3. The van der Waals surface area contributed by atoms with Crippen LogP contribution in [-0.4, -0.2) is 19.9 Å². The van der Waals surface area contributed by atoms with Crippen LogP contribution in [0, 0.1) is 2.88 Å². The lowest BCUT2D eigenvalue weighted by atomic mass is 10.1. The van der Waals surface area contributed by atoms with Gasteiger partial charge in [-0.25, -0.2) is 0 Å². The van der Waals surface area contributed by atoms with Crippen molar-refractivity contribution in [2.24, 2.45) is 7.05 Å². The van der Waals surface area contributed by atoms with Crippen molar-refractivity contribution in [2.75, 3.05) is 0 Å². The Labute approximate surface area is 148 Å². The van der Waals surface area contributed by atoms with E-state index in [-0.39, 0.29) is 11.5 Å². The Morgan fingerprint density at radius 2 is 1.90 bits per heavy atom. The molecule has 0 N–H and O–H groups in total. The van der Waals surface area contributed by atoms with Gasteiger partial charge in [0.05, 0.1) is 8.58 Å². The Morgan fingerprint density at radius 3 is 2.40 bits per heavy atom. The van der Waals surface area contributed by atoms with Gasteiger partial charge in [-0.3, -0.25) is 9.59 Å². The van der Waals surface area contributed by atoms with E-state index >= 15 is 0 Å². The molecular formula is C12H7Cl3INO2S. The molecule has 0 saturated heterocycles. The zero-order valence-corrected chi connectivity index (χ0v) is 15.2. The molecule has 0 aliphatic carbocycles. The molecule has 2 aromatic heterocycles. The van der Waals surface area contributed by atoms with Crippen molar-refractivity contribution in [3.05, 3.63) is 43.4 Å². The van der Waals surface area contributed by atoms with Gasteiger partial charge in [-0.05, 0) is 34.7 Å². The largest absolute Gasteiger partial charge is 0.347 e. The Morgan fingerprint density at radius 1 is 1.25 bits per heavy atom. The fourth-order valence-electron chi connectivity index (χ4n) is 1.66. The lowest BCUT2D eigenvalue weighted by Gasteiger charge is -2.09. The van der Waals surface area contributed by atoms with Crippen LogP contribution in [0.25, 0.3) is 0 Å². The third kappa shape index (κ3) is 3.39. The molecule has 0 aliphatic rings. The van der Waals surface area contributed by atoms with Crippen LogP contribution in [0.2, 0.25) is 0 Å². The molecular weight excluding hydrogens is 455 g/mol. The highest BCUT2D eigenvalue weighted by Crippen LogP contribution is 2.31. The second-order valence-corrected chi connectivity index (χ2v) is 9.11. The van der Waals surface area contributed by atoms with Gasteiger partial charge in [0.1, 0.15) is 0 Å². The first-order valence-corrected chi connectivity index (χ1v) is 8.36. The number of thiophene rings is 1. The maximum Gasteiger partial charge on any atom is 0.255 e. The van der Waals surface area contributed by atoms with Crippen molar-refractivity contribution in [1.82, 2.24) is 4.57 Å². The van der Waals surface area contributed by atoms with Gasteiger partial charge in [-0.15, -0.1) is 11.3 Å². The molecule has 20 heavy (non-hydrogen) atoms. The number of hydrogen-bond donors (Lipinski definition) is 0. The van der Waals surface area contributed by atoms with Gasteiger partial charge < -0.3 is 4.57 Å². The number of hydrogen-bond acceptors (Lipinski definition) is 3. The first-order valence-electron chi connectivity index (χ1n) is 5.27. The summed E-state index contributed by atoms with van der Waals surface area (Å²) >= 11 is 20.4. The minimum atomic E-state index is -2.04. The van der Waals surface area contributed by atoms with Crippen LogP contribution < -0.4 is 0 Å². The summed E-state index contributed by atoms with van der Waals surface area (Å²) in [7, 11) is 1.62. The van der Waals surface area contributed by atoms with Crippen molar-refractivity contribution in [2.45, 2.75) is 3.79 Å². The van der Waals surface area contributed by atoms with E-state index < -0.39 is 9.58 Å². The van der Waals surface area contributed by atoms with Crippen molar-refractivity contribution < 1.29 is 9.59 Å². The monoisotopic (exact) mass is 461 g/mol. The van der Waals surface area contributed by atoms with Crippen LogP contribution in [0.5, 0.6) is 0 Å². The molecule has 0 unspecified atom stereocenters. The number of ketones is 2. The number of aromatic nitrogens is 1. The Hall–Kier alpha value is -0.0800. The zero-order chi connectivity index (χ0) is 15.1. The minimum absolute atomic E-state index is 0.164. The number of halogens is 4. The third-order valence-electron chi connectivity index (χ3n) is 2.59. The normalized spacial score (nSPS) is 11.7. The second kappa shape index (κ2) is 5.96. The molecule has 0 bridgehead atoms. The van der Waals surface area contributed by atoms with E-state index in [0.717, 1.165) is 2.88 Å². The van der Waals surface area contributed by atoms with Crippen molar-refractivity contribution in [1.29, 1.82) is 0 Å². The maximum atomic E-state index is 12.3. The van der Waals surface area contributed by atoms with Gasteiger partial charge in [0.25, 0.3) is 3.79 Å². The molecule has 0 amide bonds. The molecule has 0 spiro atoms. The van der Waals surface area contributed by atoms with Gasteiger partial charge in [-0.1, -0.05) is 34.8 Å². The van der Waals surface area contributed by atoms with Gasteiger partial charge >= 0.3 is 0 Å². The average molecular weight is 463 g/mol. The highest BCUT2D eigenvalue weighted by molar-refractivity contribution is 14.1. The summed E-state index contributed by atoms with van der Waals surface area (Å²) in [5, 5.41) is 1.77. The topological polar surface area (TPSA) is 39.1 Å². The number of nitrogens with zero attached hydrogens (tertiary/aromatic N) is 1. The molecule has 0 aromatic carbocycles. The Kier molecular flexibility index (Phi) is 4.86. The molecule has 2 rings (SSSR count). The number of carbonyl (C=O) groups excluding carboxylic acids is 2. The van der Waals surface area contributed by atoms with E-state index in [9.17, 15) is 9.59 Å². The first kappa shape index (κ1) is 16.3. The summed E-state index contributed by atoms with van der Waals surface area (Å²) in [6.07, 6.45) is 1.55. The van der Waals surface area contributed by atoms with Gasteiger partial charge in [0.2, 0.25) is 5.78 Å². The van der Waals surface area contributed by atoms with Crippen molar-refractivity contribution >= 4 is 80.3 Å². The van der Waals surface area contributed by atoms with E-state index in [4.69, 9.17) is 34.8 Å². The summed E-state index contributed by atoms with van der Waals surface area (Å²) in [6.45, 7) is 0. The molecule has 3 nitrogen and oxygen atoms in total. The van der Waals surface area contributed by atoms with Gasteiger partial charge in [-0.2, -0.15) is 0 Å². The molecule has 0 fully saturated rings. The lowest BCUT2D eigenvalue weighted by molar-refractivity contribution is 0.0988. The van der Waals surface area contributed by atoms with Crippen molar-refractivity contribution in [3.8, 4) is 0 Å². The van der Waals surface area contributed by atoms with Crippen molar-refractivity contribution in [3.63, 3.8) is 0 Å². The first-order chi connectivity index (χ1) is 9.20. The summed E-state index contributed by atoms with van der Waals surface area (Å²) in [6, 6.07) is 3.23. The highest BCUT2D eigenvalue weighted by Gasteiger charge is 2.34. The number of aryl methyl sites for hydroxylation is 1. The maximum absolute atomic E-state index is 12.3. The van der Waals surface area contributed by atoms with Crippen LogP contribution in [0.3, 0.4) is 0 Å². The predicted molar refractivity (Wildman–Crippen MR) is 90.5 cm³/mol. The van der Waals surface area contributed by atoms with E-state index in [1.807, 2.05) is 0 Å². The summed E-state index contributed by atoms with van der Waals surface area (Å²) in [5.41, 5.74) is 1.15. The quantitative estimate of drug-likeness (QED) is 0.384. The zero-order valence-electron chi connectivity index (χ0n) is 9.99. The van der Waals surface area contributed by atoms with E-state index in [1.54, 1.807) is 24.7 Å². The van der Waals surface area contributed by atoms with E-state index in [2.05, 4.69) is 22.6 Å². The molecule has 0 saturated carbocycles. The lowest BCUT2D eigenvalue weighted by Crippen LogP contribution is -2.21. The predicted octanol–water partition coefficient (Wildman–Crippen LogP) is 4.48. The fraction of sp³-hybridized carbons (Fsp3) is 0.167. The molecule has 8 heteroatoms. The van der Waals surface area contributed by atoms with Gasteiger partial charge in [0, 0.05) is 29.8 Å². The number of alkyl halides is 3. The molecule has 106 valence electrons. The summed E-state index contributed by atoms with van der Waals surface area (Å²) < 4.78 is 0.457. The molecule has 2 aromatic rings. The Bertz CT molecular complexity index is 687. The third-order valence-corrected chi connectivity index (χ3v) is 4.89. The highest BCUT2D eigenvalue weighted by atomic mass is 127. The molecule has 0 atom stereocenters. The minimum Gasteiger partial charge on any atom is -0.347 e. The van der Waals surface area contributed by atoms with Gasteiger partial charge in [0.15, 0.2) is 5.78 Å². The molecule has 2 heterocycles. The van der Waals surface area contributed by atoms with Crippen LogP contribution >= 0.6 is 68.7 Å². The molecule has 0 radical (unpaired) electrons. The fourth-order valence-corrected chi connectivity index (χ4v) is 3.27. The summed E-state index contributed by atoms with van der Waals surface area (Å²) in [4.78, 5) is 24.2. The van der Waals surface area contributed by atoms with E-state index in [0.29, 0.717) is 11.1 Å². The average Bonchev–Trinajstić information content (AvgIpc) is 2.92. The smallest absolute Gasteiger partial charge is 0.255 e. The summed E-state index contributed by atoms with van der Waals surface area (Å²) in [5.74, 6) is -0.827. The van der Waals surface area contributed by atoms with E-state index in [1.165, 1.54) is 22.0 Å². The second-order valence-electron chi connectivity index (χ2n) is 4.02. The number of rotatable bonds is 3. The Balaban J connectivity index is 2.37. The van der Waals surface area contributed by atoms with Crippen LogP contribution in [0.15, 0.2) is 23.7 Å². The van der Waals surface area contributed by atoms with Crippen LogP contribution in [0.1, 0.15) is 26.4 Å². The SMILES string of the molecule is Cn1cc(C(=O)c2csc(I)c2)cc1C(=O)C(Cl)(Cl)Cl. The number of Topliss-reactive ketones (excluding diaryl/α,β-unsaturated/α-hetero) is 1. The van der Waals surface area contributed by atoms with Crippen LogP contribution in [0.4, 0.5) is 0 Å². The van der Waals surface area contributed by atoms with Crippen LogP contribution in [-0.2, 0) is 7.05 Å². The molecule has 0 aliphatic heterocycles.